The van der Waals surface area contributed by atoms with Crippen LogP contribution in [0.5, 0.6) is 0 Å². The Balaban J connectivity index is 1.76. The second-order valence-electron chi connectivity index (χ2n) is 5.33. The van der Waals surface area contributed by atoms with Gasteiger partial charge in [-0.2, -0.15) is 0 Å². The van der Waals surface area contributed by atoms with Gasteiger partial charge in [-0.1, -0.05) is 0 Å². The molecule has 98 valence electrons. The molecule has 0 saturated carbocycles. The van der Waals surface area contributed by atoms with Crippen LogP contribution in [0.2, 0.25) is 0 Å². The van der Waals surface area contributed by atoms with E-state index >= 15 is 0 Å². The second-order valence-corrected chi connectivity index (χ2v) is 5.33. The van der Waals surface area contributed by atoms with Gasteiger partial charge in [0.1, 0.15) is 0 Å². The van der Waals surface area contributed by atoms with Crippen molar-refractivity contribution in [2.45, 2.75) is 38.0 Å². The standard InChI is InChI=1S/C13H20N4O/c1-16-11-2-3-12(16)8-17(5-4-11)13-14-6-10(9-18)7-15-13/h6-7,11-12,18H,2-5,8-9H2,1H3. The molecule has 0 amide bonds. The van der Waals surface area contributed by atoms with Crippen LogP contribution in [0.3, 0.4) is 0 Å². The van der Waals surface area contributed by atoms with Gasteiger partial charge in [-0.3, -0.25) is 4.90 Å². The number of fused-ring (bicyclic) bond motifs is 2. The molecule has 3 rings (SSSR count). The lowest BCUT2D eigenvalue weighted by molar-refractivity contribution is 0.254. The highest BCUT2D eigenvalue weighted by Gasteiger charge is 2.35. The first kappa shape index (κ1) is 11.9. The van der Waals surface area contributed by atoms with Crippen LogP contribution in [-0.4, -0.2) is 52.2 Å². The van der Waals surface area contributed by atoms with E-state index in [9.17, 15) is 0 Å². The maximum absolute atomic E-state index is 9.00. The predicted molar refractivity (Wildman–Crippen MR) is 69.4 cm³/mol. The number of nitrogens with zero attached hydrogens (tertiary/aromatic N) is 4. The summed E-state index contributed by atoms with van der Waals surface area (Å²) in [6.07, 6.45) is 7.24. The van der Waals surface area contributed by atoms with Crippen molar-refractivity contribution in [2.75, 3.05) is 25.0 Å². The number of hydrogen-bond acceptors (Lipinski definition) is 5. The van der Waals surface area contributed by atoms with E-state index in [0.717, 1.165) is 30.6 Å². The summed E-state index contributed by atoms with van der Waals surface area (Å²) in [5.74, 6) is 0.799. The van der Waals surface area contributed by atoms with E-state index in [1.165, 1.54) is 19.3 Å². The SMILES string of the molecule is CN1C2CCC1CN(c1ncc(CO)cn1)CC2. The van der Waals surface area contributed by atoms with Gasteiger partial charge in [0.25, 0.3) is 0 Å². The van der Waals surface area contributed by atoms with E-state index in [-0.39, 0.29) is 6.61 Å². The van der Waals surface area contributed by atoms with E-state index in [1.807, 2.05) is 0 Å². The summed E-state index contributed by atoms with van der Waals surface area (Å²) in [6.45, 7) is 2.06. The molecule has 2 saturated heterocycles. The number of likely N-dealkylation sites (N-methyl/N-ethyl adjacent to an activating group) is 1. The molecule has 5 heteroatoms. The van der Waals surface area contributed by atoms with Crippen LogP contribution in [0.4, 0.5) is 5.95 Å². The maximum atomic E-state index is 9.00. The van der Waals surface area contributed by atoms with Gasteiger partial charge in [-0.15, -0.1) is 0 Å². The maximum Gasteiger partial charge on any atom is 0.225 e. The van der Waals surface area contributed by atoms with Crippen molar-refractivity contribution in [2.24, 2.45) is 0 Å². The average Bonchev–Trinajstić information content (AvgIpc) is 2.64. The Bertz CT molecular complexity index is 408. The molecule has 0 spiro atoms. The third kappa shape index (κ3) is 2.08. The zero-order chi connectivity index (χ0) is 12.5. The summed E-state index contributed by atoms with van der Waals surface area (Å²) in [6, 6.07) is 1.37. The lowest BCUT2D eigenvalue weighted by atomic mass is 10.1. The minimum atomic E-state index is 0.00766. The smallest absolute Gasteiger partial charge is 0.225 e. The van der Waals surface area contributed by atoms with Crippen LogP contribution in [0.1, 0.15) is 24.8 Å². The van der Waals surface area contributed by atoms with E-state index in [0.29, 0.717) is 6.04 Å². The Labute approximate surface area is 107 Å². The van der Waals surface area contributed by atoms with Crippen LogP contribution in [0.25, 0.3) is 0 Å². The van der Waals surface area contributed by atoms with Crippen LogP contribution in [0, 0.1) is 0 Å². The number of rotatable bonds is 2. The highest BCUT2D eigenvalue weighted by Crippen LogP contribution is 2.29. The summed E-state index contributed by atoms with van der Waals surface area (Å²) in [4.78, 5) is 13.5. The largest absolute Gasteiger partial charge is 0.392 e. The van der Waals surface area contributed by atoms with E-state index in [4.69, 9.17) is 5.11 Å². The molecule has 0 radical (unpaired) electrons. The molecule has 2 fully saturated rings. The van der Waals surface area contributed by atoms with Gasteiger partial charge < -0.3 is 10.0 Å². The van der Waals surface area contributed by atoms with Gasteiger partial charge in [0.05, 0.1) is 6.61 Å². The van der Waals surface area contributed by atoms with Gasteiger partial charge in [0.2, 0.25) is 5.95 Å². The van der Waals surface area contributed by atoms with E-state index < -0.39 is 0 Å². The summed E-state index contributed by atoms with van der Waals surface area (Å²) in [7, 11) is 2.24. The van der Waals surface area contributed by atoms with Gasteiger partial charge in [-0.25, -0.2) is 9.97 Å². The molecule has 2 unspecified atom stereocenters. The fraction of sp³-hybridized carbons (Fsp3) is 0.692. The lowest BCUT2D eigenvalue weighted by Crippen LogP contribution is -2.37. The summed E-state index contributed by atoms with van der Waals surface area (Å²) in [5.41, 5.74) is 0.771. The fourth-order valence-electron chi connectivity index (χ4n) is 3.08. The zero-order valence-electron chi connectivity index (χ0n) is 10.8. The first-order valence-corrected chi connectivity index (χ1v) is 6.66. The molecule has 2 bridgehead atoms. The molecule has 2 aliphatic rings. The summed E-state index contributed by atoms with van der Waals surface area (Å²) in [5, 5.41) is 9.00. The van der Waals surface area contributed by atoms with Gasteiger partial charge in [-0.05, 0) is 26.3 Å². The Morgan fingerprint density at radius 2 is 1.94 bits per heavy atom. The first-order valence-electron chi connectivity index (χ1n) is 6.66. The average molecular weight is 248 g/mol. The molecule has 0 aliphatic carbocycles. The van der Waals surface area contributed by atoms with Crippen LogP contribution in [0.15, 0.2) is 12.4 Å². The molecular formula is C13H20N4O. The highest BCUT2D eigenvalue weighted by molar-refractivity contribution is 5.31. The van der Waals surface area contributed by atoms with Crippen molar-refractivity contribution in [3.05, 3.63) is 18.0 Å². The normalized spacial score (nSPS) is 28.4. The topological polar surface area (TPSA) is 52.5 Å². The van der Waals surface area contributed by atoms with E-state index in [2.05, 4.69) is 26.8 Å². The number of aliphatic hydroxyl groups is 1. The van der Waals surface area contributed by atoms with Crippen molar-refractivity contribution < 1.29 is 5.11 Å². The van der Waals surface area contributed by atoms with Crippen molar-refractivity contribution in [3.63, 3.8) is 0 Å². The van der Waals surface area contributed by atoms with Crippen molar-refractivity contribution in [3.8, 4) is 0 Å². The lowest BCUT2D eigenvalue weighted by Gasteiger charge is -2.25. The molecule has 18 heavy (non-hydrogen) atoms. The number of aliphatic hydroxyl groups excluding tert-OH is 1. The van der Waals surface area contributed by atoms with Gasteiger partial charge in [0, 0.05) is 43.1 Å². The quantitative estimate of drug-likeness (QED) is 0.832. The fourth-order valence-corrected chi connectivity index (χ4v) is 3.08. The number of aromatic nitrogens is 2. The number of anilines is 1. The minimum Gasteiger partial charge on any atom is -0.392 e. The predicted octanol–water partition coefficient (Wildman–Crippen LogP) is 0.642. The Hall–Kier alpha value is -1.20. The molecule has 0 aromatic carbocycles. The molecule has 1 aromatic heterocycles. The highest BCUT2D eigenvalue weighted by atomic mass is 16.3. The van der Waals surface area contributed by atoms with Crippen LogP contribution in [-0.2, 0) is 6.61 Å². The molecule has 5 nitrogen and oxygen atoms in total. The van der Waals surface area contributed by atoms with Crippen LogP contribution < -0.4 is 4.90 Å². The summed E-state index contributed by atoms with van der Waals surface area (Å²) >= 11 is 0. The molecule has 1 N–H and O–H groups in total. The summed E-state index contributed by atoms with van der Waals surface area (Å²) < 4.78 is 0. The molecule has 2 aliphatic heterocycles. The second kappa shape index (κ2) is 4.82. The molecule has 3 heterocycles. The Kier molecular flexibility index (Phi) is 3.18. The Morgan fingerprint density at radius 3 is 2.67 bits per heavy atom. The minimum absolute atomic E-state index is 0.00766. The van der Waals surface area contributed by atoms with E-state index in [1.54, 1.807) is 12.4 Å². The third-order valence-electron chi connectivity index (χ3n) is 4.31. The number of hydrogen-bond donors (Lipinski definition) is 1. The molecule has 1 aromatic rings. The van der Waals surface area contributed by atoms with Gasteiger partial charge in [0.15, 0.2) is 0 Å². The zero-order valence-corrected chi connectivity index (χ0v) is 10.8. The van der Waals surface area contributed by atoms with Gasteiger partial charge >= 0.3 is 0 Å². The van der Waals surface area contributed by atoms with Crippen molar-refractivity contribution in [1.82, 2.24) is 14.9 Å². The third-order valence-corrected chi connectivity index (χ3v) is 4.31. The molecule has 2 atom stereocenters. The van der Waals surface area contributed by atoms with Crippen LogP contribution >= 0.6 is 0 Å². The van der Waals surface area contributed by atoms with Crippen molar-refractivity contribution >= 4 is 5.95 Å². The van der Waals surface area contributed by atoms with Crippen molar-refractivity contribution in [1.29, 1.82) is 0 Å². The molecular weight excluding hydrogens is 228 g/mol. The Morgan fingerprint density at radius 1 is 1.22 bits per heavy atom. The monoisotopic (exact) mass is 248 g/mol. The first-order chi connectivity index (χ1) is 8.78.